The van der Waals surface area contributed by atoms with Crippen molar-refractivity contribution in [3.8, 4) is 0 Å². The molecule has 0 aliphatic rings. The van der Waals surface area contributed by atoms with Gasteiger partial charge >= 0.3 is 0 Å². The van der Waals surface area contributed by atoms with Crippen molar-refractivity contribution >= 4 is 22.0 Å². The minimum atomic E-state index is 0.526. The first kappa shape index (κ1) is 14.5. The molecule has 0 fully saturated rings. The Hall–Kier alpha value is -0.540. The molecule has 0 aliphatic heterocycles. The van der Waals surface area contributed by atoms with E-state index in [2.05, 4.69) is 55.0 Å². The van der Waals surface area contributed by atoms with Crippen molar-refractivity contribution in [2.75, 3.05) is 13.1 Å². The largest absolute Gasteiger partial charge is 0.450 e. The molecule has 0 spiro atoms. The lowest BCUT2D eigenvalue weighted by Gasteiger charge is -2.13. The highest BCUT2D eigenvalue weighted by Gasteiger charge is 2.05. The minimum Gasteiger partial charge on any atom is -0.450 e. The van der Waals surface area contributed by atoms with E-state index in [-0.39, 0.29) is 0 Å². The van der Waals surface area contributed by atoms with Crippen LogP contribution in [0, 0.1) is 11.8 Å². The molecule has 1 rings (SSSR count). The molecule has 0 aliphatic carbocycles. The molecule has 17 heavy (non-hydrogen) atoms. The predicted octanol–water partition coefficient (Wildman–Crippen LogP) is 4.33. The average Bonchev–Trinajstić information content (AvgIpc) is 2.62. The number of nitrogens with one attached hydrogen (secondary N) is 1. The maximum atomic E-state index is 5.50. The summed E-state index contributed by atoms with van der Waals surface area (Å²) in [7, 11) is 0. The summed E-state index contributed by atoms with van der Waals surface area (Å²) in [5, 5.41) is 3.47. The average molecular weight is 300 g/mol. The zero-order chi connectivity index (χ0) is 12.8. The Kier molecular flexibility index (Phi) is 6.00. The smallest absolute Gasteiger partial charge is 0.169 e. The monoisotopic (exact) mass is 299 g/mol. The summed E-state index contributed by atoms with van der Waals surface area (Å²) in [6, 6.07) is 3.90. The number of furan rings is 1. The SMILES string of the molecule is CC(C)CNCC(=Cc1ccc(Br)o1)C(C)C. The van der Waals surface area contributed by atoms with Gasteiger partial charge in [0, 0.05) is 6.54 Å². The lowest BCUT2D eigenvalue weighted by molar-refractivity contribution is 0.528. The van der Waals surface area contributed by atoms with Crippen molar-refractivity contribution < 1.29 is 4.42 Å². The zero-order valence-electron chi connectivity index (χ0n) is 11.1. The second kappa shape index (κ2) is 7.02. The second-order valence-corrected chi connectivity index (χ2v) is 5.82. The van der Waals surface area contributed by atoms with Crippen molar-refractivity contribution in [2.24, 2.45) is 11.8 Å². The molecule has 0 bridgehead atoms. The van der Waals surface area contributed by atoms with Crippen molar-refractivity contribution in [1.82, 2.24) is 5.32 Å². The molecule has 2 nitrogen and oxygen atoms in total. The molecule has 0 atom stereocenters. The summed E-state index contributed by atoms with van der Waals surface area (Å²) in [5.41, 5.74) is 1.37. The van der Waals surface area contributed by atoms with Crippen molar-refractivity contribution in [3.63, 3.8) is 0 Å². The van der Waals surface area contributed by atoms with E-state index < -0.39 is 0 Å². The lowest BCUT2D eigenvalue weighted by Crippen LogP contribution is -2.23. The highest BCUT2D eigenvalue weighted by Crippen LogP contribution is 2.19. The maximum Gasteiger partial charge on any atom is 0.169 e. The highest BCUT2D eigenvalue weighted by molar-refractivity contribution is 9.10. The van der Waals surface area contributed by atoms with Gasteiger partial charge in [0.1, 0.15) is 5.76 Å². The van der Waals surface area contributed by atoms with Gasteiger partial charge < -0.3 is 9.73 Å². The molecule has 0 radical (unpaired) electrons. The van der Waals surface area contributed by atoms with Crippen LogP contribution < -0.4 is 5.32 Å². The number of hydrogen-bond donors (Lipinski definition) is 1. The molecule has 0 saturated carbocycles. The van der Waals surface area contributed by atoms with Gasteiger partial charge in [-0.3, -0.25) is 0 Å². The molecule has 3 heteroatoms. The fourth-order valence-electron chi connectivity index (χ4n) is 1.52. The van der Waals surface area contributed by atoms with Crippen LogP contribution in [0.5, 0.6) is 0 Å². The molecule has 0 unspecified atom stereocenters. The van der Waals surface area contributed by atoms with Gasteiger partial charge in [0.15, 0.2) is 4.67 Å². The highest BCUT2D eigenvalue weighted by atomic mass is 79.9. The van der Waals surface area contributed by atoms with Crippen molar-refractivity contribution in [1.29, 1.82) is 0 Å². The van der Waals surface area contributed by atoms with E-state index in [0.29, 0.717) is 11.8 Å². The standard InChI is InChI=1S/C14H22BrNO/c1-10(2)8-16-9-12(11(3)4)7-13-5-6-14(15)17-13/h5-7,10-11,16H,8-9H2,1-4H3. The third-order valence-corrected chi connectivity index (χ3v) is 2.97. The first-order valence-corrected chi connectivity index (χ1v) is 6.95. The molecule has 1 aromatic rings. The molecule has 0 aromatic carbocycles. The Bertz CT molecular complexity index is 366. The molecule has 1 heterocycles. The van der Waals surface area contributed by atoms with Crippen LogP contribution in [-0.2, 0) is 0 Å². The van der Waals surface area contributed by atoms with Crippen LogP contribution >= 0.6 is 15.9 Å². The van der Waals surface area contributed by atoms with Crippen LogP contribution in [0.15, 0.2) is 26.8 Å². The predicted molar refractivity (Wildman–Crippen MR) is 76.9 cm³/mol. The van der Waals surface area contributed by atoms with Gasteiger partial charge in [-0.1, -0.05) is 33.3 Å². The molecular weight excluding hydrogens is 278 g/mol. The Balaban J connectivity index is 2.62. The van der Waals surface area contributed by atoms with E-state index >= 15 is 0 Å². The number of rotatable bonds is 6. The van der Waals surface area contributed by atoms with Crippen LogP contribution in [0.25, 0.3) is 6.08 Å². The van der Waals surface area contributed by atoms with E-state index in [9.17, 15) is 0 Å². The summed E-state index contributed by atoms with van der Waals surface area (Å²) in [4.78, 5) is 0. The second-order valence-electron chi connectivity index (χ2n) is 5.04. The van der Waals surface area contributed by atoms with E-state index in [1.165, 1.54) is 5.57 Å². The third kappa shape index (κ3) is 5.55. The Morgan fingerprint density at radius 3 is 2.53 bits per heavy atom. The van der Waals surface area contributed by atoms with E-state index in [1.54, 1.807) is 0 Å². The summed E-state index contributed by atoms with van der Waals surface area (Å²) in [5.74, 6) is 2.12. The summed E-state index contributed by atoms with van der Waals surface area (Å²) in [6.07, 6.45) is 2.13. The van der Waals surface area contributed by atoms with Crippen molar-refractivity contribution in [3.05, 3.63) is 28.1 Å². The van der Waals surface area contributed by atoms with Gasteiger partial charge in [0.25, 0.3) is 0 Å². The molecule has 0 saturated heterocycles. The number of halogens is 1. The first-order chi connectivity index (χ1) is 7.99. The van der Waals surface area contributed by atoms with Crippen LogP contribution in [0.2, 0.25) is 0 Å². The van der Waals surface area contributed by atoms with Crippen LogP contribution in [0.1, 0.15) is 33.5 Å². The molecule has 1 aromatic heterocycles. The van der Waals surface area contributed by atoms with Gasteiger partial charge in [0.05, 0.1) is 0 Å². The molecule has 96 valence electrons. The minimum absolute atomic E-state index is 0.526. The summed E-state index contributed by atoms with van der Waals surface area (Å²) in [6.45, 7) is 10.8. The van der Waals surface area contributed by atoms with Crippen LogP contribution in [0.4, 0.5) is 0 Å². The van der Waals surface area contributed by atoms with Gasteiger partial charge in [-0.15, -0.1) is 0 Å². The maximum absolute atomic E-state index is 5.50. The molecule has 0 amide bonds. The zero-order valence-corrected chi connectivity index (χ0v) is 12.7. The van der Waals surface area contributed by atoms with E-state index in [0.717, 1.165) is 23.5 Å². The van der Waals surface area contributed by atoms with Crippen LogP contribution in [-0.4, -0.2) is 13.1 Å². The normalized spacial score (nSPS) is 12.8. The van der Waals surface area contributed by atoms with Gasteiger partial charge in [-0.25, -0.2) is 0 Å². The number of hydrogen-bond acceptors (Lipinski definition) is 2. The fourth-order valence-corrected chi connectivity index (χ4v) is 1.83. The quantitative estimate of drug-likeness (QED) is 0.846. The molecule has 1 N–H and O–H groups in total. The van der Waals surface area contributed by atoms with Gasteiger partial charge in [-0.2, -0.15) is 0 Å². The van der Waals surface area contributed by atoms with Crippen LogP contribution in [0.3, 0.4) is 0 Å². The van der Waals surface area contributed by atoms with Gasteiger partial charge in [0.2, 0.25) is 0 Å². The van der Waals surface area contributed by atoms with Gasteiger partial charge in [-0.05, 0) is 52.5 Å². The Labute approximate surface area is 113 Å². The fraction of sp³-hybridized carbons (Fsp3) is 0.571. The summed E-state index contributed by atoms with van der Waals surface area (Å²) < 4.78 is 6.28. The lowest BCUT2D eigenvalue weighted by atomic mass is 10.0. The van der Waals surface area contributed by atoms with E-state index in [1.807, 2.05) is 12.1 Å². The Morgan fingerprint density at radius 2 is 2.06 bits per heavy atom. The molecular formula is C14H22BrNO. The van der Waals surface area contributed by atoms with Crippen molar-refractivity contribution in [2.45, 2.75) is 27.7 Å². The third-order valence-electron chi connectivity index (χ3n) is 2.54. The Morgan fingerprint density at radius 1 is 1.35 bits per heavy atom. The topological polar surface area (TPSA) is 25.2 Å². The first-order valence-electron chi connectivity index (χ1n) is 6.15. The van der Waals surface area contributed by atoms with E-state index in [4.69, 9.17) is 4.42 Å². The summed E-state index contributed by atoms with van der Waals surface area (Å²) >= 11 is 3.32.